The first-order valence-electron chi connectivity index (χ1n) is 6.29. The van der Waals surface area contributed by atoms with Crippen molar-refractivity contribution in [3.05, 3.63) is 42.1 Å². The lowest BCUT2D eigenvalue weighted by atomic mass is 10.2. The lowest BCUT2D eigenvalue weighted by molar-refractivity contribution is -0.140. The SMILES string of the molecule is C=C(CCCC(=O)OC)[Si](C)(C)c1ccccc1. The van der Waals surface area contributed by atoms with Crippen LogP contribution in [0.4, 0.5) is 0 Å². The second-order valence-electron chi connectivity index (χ2n) is 5.02. The third kappa shape index (κ3) is 3.84. The number of methoxy groups -OCH3 is 1. The van der Waals surface area contributed by atoms with E-state index in [1.807, 2.05) is 6.07 Å². The molecular weight excluding hydrogens is 240 g/mol. The molecule has 0 amide bonds. The summed E-state index contributed by atoms with van der Waals surface area (Å²) in [5.41, 5.74) is 0. The second kappa shape index (κ2) is 6.54. The van der Waals surface area contributed by atoms with Crippen LogP contribution in [0.2, 0.25) is 13.1 Å². The second-order valence-corrected chi connectivity index (χ2v) is 9.56. The summed E-state index contributed by atoms with van der Waals surface area (Å²) in [4.78, 5) is 11.1. The van der Waals surface area contributed by atoms with Gasteiger partial charge in [0.1, 0.15) is 8.07 Å². The Kier molecular flexibility index (Phi) is 5.35. The minimum Gasteiger partial charge on any atom is -0.469 e. The molecule has 0 spiro atoms. The van der Waals surface area contributed by atoms with Crippen LogP contribution in [0.5, 0.6) is 0 Å². The number of rotatable bonds is 6. The smallest absolute Gasteiger partial charge is 0.305 e. The van der Waals surface area contributed by atoms with Gasteiger partial charge in [0.15, 0.2) is 0 Å². The zero-order chi connectivity index (χ0) is 13.6. The van der Waals surface area contributed by atoms with E-state index in [0.29, 0.717) is 6.42 Å². The Hall–Kier alpha value is -1.35. The Balaban J connectivity index is 2.58. The highest BCUT2D eigenvalue weighted by Gasteiger charge is 2.26. The molecule has 1 rings (SSSR count). The van der Waals surface area contributed by atoms with Crippen LogP contribution in [0.15, 0.2) is 42.1 Å². The number of hydrogen-bond acceptors (Lipinski definition) is 2. The van der Waals surface area contributed by atoms with Crippen LogP contribution in [-0.2, 0) is 9.53 Å². The molecule has 0 aromatic heterocycles. The summed E-state index contributed by atoms with van der Waals surface area (Å²) < 4.78 is 4.65. The largest absolute Gasteiger partial charge is 0.469 e. The molecule has 0 bridgehead atoms. The summed E-state index contributed by atoms with van der Waals surface area (Å²) in [5.74, 6) is -0.137. The molecule has 1 aromatic carbocycles. The van der Waals surface area contributed by atoms with Crippen molar-refractivity contribution in [3.63, 3.8) is 0 Å². The fraction of sp³-hybridized carbons (Fsp3) is 0.400. The number of hydrogen-bond donors (Lipinski definition) is 0. The zero-order valence-electron chi connectivity index (χ0n) is 11.5. The topological polar surface area (TPSA) is 26.3 Å². The first-order chi connectivity index (χ1) is 8.48. The Morgan fingerprint density at radius 1 is 1.22 bits per heavy atom. The van der Waals surface area contributed by atoms with Crippen molar-refractivity contribution in [2.75, 3.05) is 7.11 Å². The molecule has 0 radical (unpaired) electrons. The lowest BCUT2D eigenvalue weighted by Crippen LogP contribution is -2.43. The molecule has 0 aliphatic carbocycles. The molecule has 0 heterocycles. The summed E-state index contributed by atoms with van der Waals surface area (Å²) in [5, 5.41) is 2.69. The van der Waals surface area contributed by atoms with Gasteiger partial charge in [-0.25, -0.2) is 0 Å². The van der Waals surface area contributed by atoms with Crippen molar-refractivity contribution in [3.8, 4) is 0 Å². The third-order valence-corrected chi connectivity index (χ3v) is 7.26. The number of carbonyl (C=O) groups excluding carboxylic acids is 1. The van der Waals surface area contributed by atoms with Crippen molar-refractivity contribution in [2.45, 2.75) is 32.4 Å². The van der Waals surface area contributed by atoms with E-state index in [1.165, 1.54) is 17.5 Å². The van der Waals surface area contributed by atoms with Crippen LogP contribution in [0.25, 0.3) is 0 Å². The fourth-order valence-corrected chi connectivity index (χ4v) is 4.16. The molecular formula is C15H22O2Si. The van der Waals surface area contributed by atoms with Crippen LogP contribution < -0.4 is 5.19 Å². The van der Waals surface area contributed by atoms with Gasteiger partial charge in [-0.1, -0.05) is 53.8 Å². The Morgan fingerprint density at radius 3 is 2.39 bits per heavy atom. The van der Waals surface area contributed by atoms with Gasteiger partial charge in [0, 0.05) is 6.42 Å². The van der Waals surface area contributed by atoms with Gasteiger partial charge in [-0.15, -0.1) is 6.58 Å². The van der Waals surface area contributed by atoms with Gasteiger partial charge < -0.3 is 4.74 Å². The maximum Gasteiger partial charge on any atom is 0.305 e. The molecule has 0 fully saturated rings. The highest BCUT2D eigenvalue weighted by Crippen LogP contribution is 2.19. The highest BCUT2D eigenvalue weighted by atomic mass is 28.3. The van der Waals surface area contributed by atoms with Crippen molar-refractivity contribution < 1.29 is 9.53 Å². The van der Waals surface area contributed by atoms with Gasteiger partial charge in [0.25, 0.3) is 0 Å². The molecule has 1 aromatic rings. The van der Waals surface area contributed by atoms with E-state index >= 15 is 0 Å². The van der Waals surface area contributed by atoms with Crippen LogP contribution in [0.1, 0.15) is 19.3 Å². The van der Waals surface area contributed by atoms with Crippen molar-refractivity contribution >= 4 is 19.2 Å². The number of benzene rings is 1. The number of ether oxygens (including phenoxy) is 1. The van der Waals surface area contributed by atoms with E-state index < -0.39 is 8.07 Å². The molecule has 2 nitrogen and oxygen atoms in total. The Labute approximate surface area is 111 Å². The fourth-order valence-electron chi connectivity index (χ4n) is 1.92. The number of carbonyl (C=O) groups is 1. The van der Waals surface area contributed by atoms with E-state index in [1.54, 1.807) is 0 Å². The molecule has 0 saturated carbocycles. The molecule has 0 saturated heterocycles. The van der Waals surface area contributed by atoms with Gasteiger partial charge in [0.05, 0.1) is 7.11 Å². The van der Waals surface area contributed by atoms with Gasteiger partial charge in [-0.05, 0) is 12.8 Å². The van der Waals surface area contributed by atoms with Gasteiger partial charge in [-0.2, -0.15) is 0 Å². The molecule has 0 aliphatic heterocycles. The predicted molar refractivity (Wildman–Crippen MR) is 78.6 cm³/mol. The van der Waals surface area contributed by atoms with E-state index in [2.05, 4.69) is 48.7 Å². The predicted octanol–water partition coefficient (Wildman–Crippen LogP) is 3.04. The van der Waals surface area contributed by atoms with Crippen LogP contribution in [0.3, 0.4) is 0 Å². The van der Waals surface area contributed by atoms with Gasteiger partial charge in [0.2, 0.25) is 0 Å². The normalized spacial score (nSPS) is 11.1. The molecule has 0 N–H and O–H groups in total. The van der Waals surface area contributed by atoms with E-state index in [-0.39, 0.29) is 5.97 Å². The molecule has 3 heteroatoms. The monoisotopic (exact) mass is 262 g/mol. The Bertz CT molecular complexity index is 410. The molecule has 0 aliphatic rings. The van der Waals surface area contributed by atoms with E-state index in [4.69, 9.17) is 0 Å². The summed E-state index contributed by atoms with van der Waals surface area (Å²) in [6.45, 7) is 8.85. The zero-order valence-corrected chi connectivity index (χ0v) is 12.5. The summed E-state index contributed by atoms with van der Waals surface area (Å²) >= 11 is 0. The average Bonchev–Trinajstić information content (AvgIpc) is 2.39. The molecule has 0 unspecified atom stereocenters. The quantitative estimate of drug-likeness (QED) is 0.582. The first-order valence-corrected chi connectivity index (χ1v) is 9.29. The third-order valence-electron chi connectivity index (χ3n) is 3.47. The summed E-state index contributed by atoms with van der Waals surface area (Å²) in [6, 6.07) is 10.5. The minimum atomic E-state index is -1.61. The lowest BCUT2D eigenvalue weighted by Gasteiger charge is -2.25. The average molecular weight is 262 g/mol. The number of esters is 1. The first kappa shape index (κ1) is 14.7. The summed E-state index contributed by atoms with van der Waals surface area (Å²) in [6.07, 6.45) is 2.22. The molecule has 18 heavy (non-hydrogen) atoms. The van der Waals surface area contributed by atoms with Gasteiger partial charge in [-0.3, -0.25) is 4.79 Å². The van der Waals surface area contributed by atoms with Gasteiger partial charge >= 0.3 is 5.97 Å². The Morgan fingerprint density at radius 2 is 1.83 bits per heavy atom. The highest BCUT2D eigenvalue weighted by molar-refractivity contribution is 6.95. The van der Waals surface area contributed by atoms with Crippen molar-refractivity contribution in [1.82, 2.24) is 0 Å². The van der Waals surface area contributed by atoms with Crippen LogP contribution in [0, 0.1) is 0 Å². The van der Waals surface area contributed by atoms with Crippen molar-refractivity contribution in [2.24, 2.45) is 0 Å². The number of allylic oxidation sites excluding steroid dienone is 1. The molecule has 98 valence electrons. The standard InChI is InChI=1S/C15H22O2Si/c1-13(9-8-12-15(16)17-2)18(3,4)14-10-6-5-7-11-14/h5-7,10-11H,1,8-9,12H2,2-4H3. The maximum atomic E-state index is 11.1. The van der Waals surface area contributed by atoms with Crippen LogP contribution >= 0.6 is 0 Å². The van der Waals surface area contributed by atoms with Crippen LogP contribution in [-0.4, -0.2) is 21.2 Å². The minimum absolute atomic E-state index is 0.137. The maximum absolute atomic E-state index is 11.1. The van der Waals surface area contributed by atoms with E-state index in [0.717, 1.165) is 12.8 Å². The van der Waals surface area contributed by atoms with E-state index in [9.17, 15) is 4.79 Å². The summed E-state index contributed by atoms with van der Waals surface area (Å²) in [7, 11) is -0.181. The van der Waals surface area contributed by atoms with Crippen molar-refractivity contribution in [1.29, 1.82) is 0 Å². The molecule has 0 atom stereocenters.